The number of aromatic nitrogens is 3. The Bertz CT molecular complexity index is 1330. The highest BCUT2D eigenvalue weighted by Gasteiger charge is 2.17. The highest BCUT2D eigenvalue weighted by atomic mass is 35.5. The monoisotopic (exact) mass is 492 g/mol. The van der Waals surface area contributed by atoms with Gasteiger partial charge in [-0.25, -0.2) is 5.43 Å². The molecule has 0 atom stereocenters. The van der Waals surface area contributed by atoms with Crippen molar-refractivity contribution in [2.24, 2.45) is 5.10 Å². The van der Waals surface area contributed by atoms with Crippen LogP contribution in [0.25, 0.3) is 17.1 Å². The predicted octanol–water partition coefficient (Wildman–Crippen LogP) is 4.74. The average molecular weight is 493 g/mol. The molecule has 170 valence electrons. The minimum Gasteiger partial charge on any atom is -0.272 e. The maximum Gasteiger partial charge on any atom is 0.269 e. The molecule has 1 heterocycles. The minimum absolute atomic E-state index is 0.0157. The van der Waals surface area contributed by atoms with Gasteiger partial charge in [-0.3, -0.25) is 19.5 Å². The number of hydrogen-bond acceptors (Lipinski definition) is 7. The number of benzene rings is 3. The average Bonchev–Trinajstić information content (AvgIpc) is 3.28. The van der Waals surface area contributed by atoms with E-state index in [0.29, 0.717) is 21.6 Å². The number of thioether (sulfide) groups is 1. The summed E-state index contributed by atoms with van der Waals surface area (Å²) >= 11 is 7.24. The number of hydrogen-bond donors (Lipinski definition) is 1. The summed E-state index contributed by atoms with van der Waals surface area (Å²) in [7, 11) is 0. The number of halogens is 1. The fraction of sp³-hybridized carbons (Fsp3) is 0.0435. The zero-order valence-corrected chi connectivity index (χ0v) is 19.1. The van der Waals surface area contributed by atoms with Gasteiger partial charge in [0.25, 0.3) is 11.6 Å². The van der Waals surface area contributed by atoms with Crippen LogP contribution < -0.4 is 5.43 Å². The second kappa shape index (κ2) is 10.7. The molecule has 0 radical (unpaired) electrons. The van der Waals surface area contributed by atoms with E-state index in [9.17, 15) is 14.9 Å². The number of nitro benzene ring substituents is 1. The van der Waals surface area contributed by atoms with Gasteiger partial charge in [0, 0.05) is 28.4 Å². The Morgan fingerprint density at radius 1 is 1.06 bits per heavy atom. The maximum absolute atomic E-state index is 12.3. The number of para-hydroxylation sites is 1. The summed E-state index contributed by atoms with van der Waals surface area (Å²) in [6, 6.07) is 22.7. The van der Waals surface area contributed by atoms with Crippen LogP contribution in [-0.4, -0.2) is 37.6 Å². The first-order valence-corrected chi connectivity index (χ1v) is 11.3. The lowest BCUT2D eigenvalue weighted by atomic mass is 10.2. The first-order chi connectivity index (χ1) is 16.5. The molecule has 0 aliphatic heterocycles. The lowest BCUT2D eigenvalue weighted by molar-refractivity contribution is -0.384. The molecule has 4 rings (SSSR count). The van der Waals surface area contributed by atoms with Crippen LogP contribution in [0.5, 0.6) is 0 Å². The molecule has 0 aliphatic carbocycles. The summed E-state index contributed by atoms with van der Waals surface area (Å²) in [5.41, 5.74) is 4.75. The largest absolute Gasteiger partial charge is 0.272 e. The molecule has 9 nitrogen and oxygen atoms in total. The minimum atomic E-state index is -0.480. The lowest BCUT2D eigenvalue weighted by Gasteiger charge is -2.10. The van der Waals surface area contributed by atoms with Crippen molar-refractivity contribution in [3.05, 3.63) is 99.6 Å². The number of nitrogens with one attached hydrogen (secondary N) is 1. The zero-order chi connectivity index (χ0) is 23.9. The van der Waals surface area contributed by atoms with E-state index in [1.807, 2.05) is 47.0 Å². The summed E-state index contributed by atoms with van der Waals surface area (Å²) in [6.07, 6.45) is 1.41. The predicted molar refractivity (Wildman–Crippen MR) is 131 cm³/mol. The van der Waals surface area contributed by atoms with Gasteiger partial charge in [0.15, 0.2) is 11.0 Å². The fourth-order valence-corrected chi connectivity index (χ4v) is 3.85. The number of carbonyl (C=O) groups is 1. The number of nitrogens with zero attached hydrogens (tertiary/aromatic N) is 5. The van der Waals surface area contributed by atoms with E-state index in [-0.39, 0.29) is 17.3 Å². The Hall–Kier alpha value is -4.02. The van der Waals surface area contributed by atoms with E-state index in [4.69, 9.17) is 11.6 Å². The number of non-ortho nitro benzene ring substituents is 1. The molecular formula is C23H17ClN6O3S. The van der Waals surface area contributed by atoms with E-state index in [1.165, 1.54) is 30.1 Å². The molecule has 11 heteroatoms. The molecule has 1 aromatic heterocycles. The van der Waals surface area contributed by atoms with E-state index in [2.05, 4.69) is 20.7 Å². The standard InChI is InChI=1S/C23H17ClN6O3S/c24-18-10-8-17(9-11-18)22-27-28-23(29(22)19-4-2-1-3-5-19)34-15-21(31)26-25-14-16-6-12-20(13-7-16)30(32)33/h1-14H,15H2,(H,26,31)/b25-14-. The highest BCUT2D eigenvalue weighted by molar-refractivity contribution is 7.99. The first kappa shape index (κ1) is 23.1. The third-order valence-electron chi connectivity index (χ3n) is 4.59. The van der Waals surface area contributed by atoms with Crippen LogP contribution in [0, 0.1) is 10.1 Å². The van der Waals surface area contributed by atoms with Gasteiger partial charge in [-0.05, 0) is 54.1 Å². The molecule has 0 spiro atoms. The Balaban J connectivity index is 1.45. The number of amides is 1. The SMILES string of the molecule is O=C(CSc1nnc(-c2ccc(Cl)cc2)n1-c1ccccc1)N/N=C\c1ccc([N+](=O)[O-])cc1. The second-order valence-corrected chi connectivity index (χ2v) is 8.29. The van der Waals surface area contributed by atoms with Crippen molar-refractivity contribution in [1.82, 2.24) is 20.2 Å². The Morgan fingerprint density at radius 3 is 2.44 bits per heavy atom. The molecule has 4 aromatic rings. The molecule has 1 N–H and O–H groups in total. The van der Waals surface area contributed by atoms with E-state index >= 15 is 0 Å². The van der Waals surface area contributed by atoms with Crippen molar-refractivity contribution in [3.63, 3.8) is 0 Å². The highest BCUT2D eigenvalue weighted by Crippen LogP contribution is 2.28. The summed E-state index contributed by atoms with van der Waals surface area (Å²) < 4.78 is 1.88. The fourth-order valence-electron chi connectivity index (χ4n) is 2.98. The van der Waals surface area contributed by atoms with Gasteiger partial charge in [0.1, 0.15) is 0 Å². The van der Waals surface area contributed by atoms with Crippen LogP contribution in [-0.2, 0) is 4.79 Å². The Labute approximate surface area is 203 Å². The van der Waals surface area contributed by atoms with Crippen LogP contribution in [0.2, 0.25) is 5.02 Å². The lowest BCUT2D eigenvalue weighted by Crippen LogP contribution is -2.20. The number of nitro groups is 1. The first-order valence-electron chi connectivity index (χ1n) is 9.97. The quantitative estimate of drug-likeness (QED) is 0.164. The van der Waals surface area contributed by atoms with Gasteiger partial charge in [0.05, 0.1) is 16.9 Å². The van der Waals surface area contributed by atoms with Crippen LogP contribution in [0.3, 0.4) is 0 Å². The summed E-state index contributed by atoms with van der Waals surface area (Å²) in [5, 5.41) is 24.4. The van der Waals surface area contributed by atoms with Crippen LogP contribution in [0.1, 0.15) is 5.56 Å². The van der Waals surface area contributed by atoms with Gasteiger partial charge in [0.2, 0.25) is 0 Å². The Kier molecular flexibility index (Phi) is 7.31. The third-order valence-corrected chi connectivity index (χ3v) is 5.77. The van der Waals surface area contributed by atoms with Crippen LogP contribution in [0.4, 0.5) is 5.69 Å². The summed E-state index contributed by atoms with van der Waals surface area (Å²) in [5.74, 6) is 0.351. The zero-order valence-electron chi connectivity index (χ0n) is 17.5. The van der Waals surface area contributed by atoms with E-state index in [1.54, 1.807) is 24.3 Å². The van der Waals surface area contributed by atoms with Gasteiger partial charge in [-0.2, -0.15) is 5.10 Å². The maximum atomic E-state index is 12.3. The molecule has 34 heavy (non-hydrogen) atoms. The molecular weight excluding hydrogens is 476 g/mol. The van der Waals surface area contributed by atoms with Gasteiger partial charge in [-0.1, -0.05) is 41.6 Å². The van der Waals surface area contributed by atoms with Gasteiger partial charge >= 0.3 is 0 Å². The van der Waals surface area contributed by atoms with Crippen molar-refractivity contribution in [2.75, 3.05) is 5.75 Å². The van der Waals surface area contributed by atoms with Crippen LogP contribution >= 0.6 is 23.4 Å². The molecule has 3 aromatic carbocycles. The smallest absolute Gasteiger partial charge is 0.269 e. The van der Waals surface area contributed by atoms with Crippen molar-refractivity contribution < 1.29 is 9.72 Å². The third kappa shape index (κ3) is 5.66. The van der Waals surface area contributed by atoms with Crippen molar-refractivity contribution in [3.8, 4) is 17.1 Å². The topological polar surface area (TPSA) is 115 Å². The molecule has 0 aliphatic rings. The normalized spacial score (nSPS) is 11.0. The van der Waals surface area contributed by atoms with E-state index < -0.39 is 4.92 Å². The van der Waals surface area contributed by atoms with Gasteiger partial charge < -0.3 is 0 Å². The summed E-state index contributed by atoms with van der Waals surface area (Å²) in [4.78, 5) is 22.5. The Morgan fingerprint density at radius 2 is 1.76 bits per heavy atom. The number of hydrazone groups is 1. The molecule has 1 amide bonds. The number of carbonyl (C=O) groups excluding carboxylic acids is 1. The second-order valence-electron chi connectivity index (χ2n) is 6.91. The van der Waals surface area contributed by atoms with Crippen molar-refractivity contribution >= 4 is 41.2 Å². The number of rotatable bonds is 8. The molecule has 0 saturated heterocycles. The summed E-state index contributed by atoms with van der Waals surface area (Å²) in [6.45, 7) is 0. The molecule has 0 saturated carbocycles. The molecule has 0 unspecified atom stereocenters. The van der Waals surface area contributed by atoms with Crippen molar-refractivity contribution in [1.29, 1.82) is 0 Å². The van der Waals surface area contributed by atoms with Crippen molar-refractivity contribution in [2.45, 2.75) is 5.16 Å². The molecule has 0 bridgehead atoms. The van der Waals surface area contributed by atoms with Gasteiger partial charge in [-0.15, -0.1) is 10.2 Å². The van der Waals surface area contributed by atoms with Crippen LogP contribution in [0.15, 0.2) is 89.1 Å². The molecule has 0 fully saturated rings. The van der Waals surface area contributed by atoms with E-state index in [0.717, 1.165) is 11.3 Å².